The van der Waals surface area contributed by atoms with Crippen LogP contribution < -0.4 is 9.47 Å². The highest BCUT2D eigenvalue weighted by Crippen LogP contribution is 2.40. The van der Waals surface area contributed by atoms with Gasteiger partial charge in [0.1, 0.15) is 23.0 Å². The molecule has 3 heteroatoms. The lowest BCUT2D eigenvalue weighted by atomic mass is 9.99. The Morgan fingerprint density at radius 1 is 0.731 bits per heavy atom. The molecule has 0 saturated carbocycles. The predicted octanol–water partition coefficient (Wildman–Crippen LogP) is 6.01. The highest BCUT2D eigenvalue weighted by atomic mass is 16.5. The molecule has 4 rings (SSSR count). The van der Waals surface area contributed by atoms with Gasteiger partial charge >= 0.3 is 0 Å². The van der Waals surface area contributed by atoms with Gasteiger partial charge in [0.25, 0.3) is 0 Å². The third-order valence-corrected chi connectivity index (χ3v) is 4.32. The van der Waals surface area contributed by atoms with Crippen molar-refractivity contribution in [2.45, 2.75) is 0 Å². The SMILES string of the molecule is COc1cccc(-c2ccc3ccccc3c2Oc2ccc(O)cc2)c1. The summed E-state index contributed by atoms with van der Waals surface area (Å²) in [6, 6.07) is 26.9. The Kier molecular flexibility index (Phi) is 4.20. The van der Waals surface area contributed by atoms with Gasteiger partial charge in [-0.25, -0.2) is 0 Å². The molecule has 0 unspecified atom stereocenters. The molecule has 0 aliphatic heterocycles. The average Bonchev–Trinajstić information content (AvgIpc) is 2.70. The summed E-state index contributed by atoms with van der Waals surface area (Å²) in [5.41, 5.74) is 2.00. The van der Waals surface area contributed by atoms with Crippen LogP contribution in [0, 0.1) is 0 Å². The van der Waals surface area contributed by atoms with E-state index in [1.54, 1.807) is 31.4 Å². The normalized spacial score (nSPS) is 10.7. The molecule has 4 aromatic rings. The summed E-state index contributed by atoms with van der Waals surface area (Å²) >= 11 is 0. The molecule has 0 heterocycles. The van der Waals surface area contributed by atoms with Crippen LogP contribution >= 0.6 is 0 Å². The molecular weight excluding hydrogens is 324 g/mol. The lowest BCUT2D eigenvalue weighted by molar-refractivity contribution is 0.415. The van der Waals surface area contributed by atoms with Crippen LogP contribution in [0.4, 0.5) is 0 Å². The van der Waals surface area contributed by atoms with Crippen molar-refractivity contribution < 1.29 is 14.6 Å². The van der Waals surface area contributed by atoms with Gasteiger partial charge in [-0.15, -0.1) is 0 Å². The topological polar surface area (TPSA) is 38.7 Å². The Morgan fingerprint density at radius 2 is 1.54 bits per heavy atom. The van der Waals surface area contributed by atoms with Crippen LogP contribution in [0.2, 0.25) is 0 Å². The van der Waals surface area contributed by atoms with E-state index in [1.807, 2.05) is 36.4 Å². The van der Waals surface area contributed by atoms with Crippen molar-refractivity contribution in [1.29, 1.82) is 0 Å². The molecule has 0 fully saturated rings. The van der Waals surface area contributed by atoms with E-state index in [0.717, 1.165) is 33.4 Å². The zero-order valence-corrected chi connectivity index (χ0v) is 14.3. The number of benzene rings is 4. The Balaban J connectivity index is 1.90. The van der Waals surface area contributed by atoms with E-state index >= 15 is 0 Å². The van der Waals surface area contributed by atoms with Gasteiger partial charge in [-0.05, 0) is 53.4 Å². The van der Waals surface area contributed by atoms with Gasteiger partial charge in [-0.2, -0.15) is 0 Å². The fourth-order valence-corrected chi connectivity index (χ4v) is 3.00. The molecule has 0 aliphatic rings. The number of ether oxygens (including phenoxy) is 2. The molecular formula is C23H18O3. The van der Waals surface area contributed by atoms with E-state index in [9.17, 15) is 5.11 Å². The Morgan fingerprint density at radius 3 is 2.35 bits per heavy atom. The third kappa shape index (κ3) is 3.07. The van der Waals surface area contributed by atoms with Crippen LogP contribution in [0.3, 0.4) is 0 Å². The van der Waals surface area contributed by atoms with Gasteiger partial charge in [-0.3, -0.25) is 0 Å². The Labute approximate surface area is 152 Å². The van der Waals surface area contributed by atoms with Crippen LogP contribution in [0.25, 0.3) is 21.9 Å². The van der Waals surface area contributed by atoms with Crippen LogP contribution in [0.5, 0.6) is 23.0 Å². The average molecular weight is 342 g/mol. The number of phenols is 1. The summed E-state index contributed by atoms with van der Waals surface area (Å²) in [6.07, 6.45) is 0. The number of aromatic hydroxyl groups is 1. The van der Waals surface area contributed by atoms with Crippen LogP contribution in [-0.4, -0.2) is 12.2 Å². The first kappa shape index (κ1) is 16.0. The van der Waals surface area contributed by atoms with Crippen LogP contribution in [0.1, 0.15) is 0 Å². The van der Waals surface area contributed by atoms with E-state index in [4.69, 9.17) is 9.47 Å². The highest BCUT2D eigenvalue weighted by Gasteiger charge is 2.13. The fourth-order valence-electron chi connectivity index (χ4n) is 3.00. The van der Waals surface area contributed by atoms with E-state index in [2.05, 4.69) is 24.3 Å². The number of rotatable bonds is 4. The fraction of sp³-hybridized carbons (Fsp3) is 0.0435. The third-order valence-electron chi connectivity index (χ3n) is 4.32. The smallest absolute Gasteiger partial charge is 0.143 e. The monoisotopic (exact) mass is 342 g/mol. The summed E-state index contributed by atoms with van der Waals surface area (Å²) < 4.78 is 11.6. The van der Waals surface area contributed by atoms with E-state index < -0.39 is 0 Å². The molecule has 0 saturated heterocycles. The zero-order chi connectivity index (χ0) is 17.9. The Hall–Kier alpha value is -3.46. The Bertz CT molecular complexity index is 1050. The van der Waals surface area contributed by atoms with E-state index in [-0.39, 0.29) is 5.75 Å². The number of phenolic OH excluding ortho intramolecular Hbond substituents is 1. The minimum atomic E-state index is 0.211. The molecule has 0 atom stereocenters. The first-order chi connectivity index (χ1) is 12.7. The molecule has 1 N–H and O–H groups in total. The van der Waals surface area contributed by atoms with Gasteiger partial charge in [0.05, 0.1) is 7.11 Å². The van der Waals surface area contributed by atoms with Crippen molar-refractivity contribution in [2.24, 2.45) is 0 Å². The predicted molar refractivity (Wildman–Crippen MR) is 104 cm³/mol. The van der Waals surface area contributed by atoms with Crippen molar-refractivity contribution in [2.75, 3.05) is 7.11 Å². The maximum Gasteiger partial charge on any atom is 0.143 e. The summed E-state index contributed by atoms with van der Waals surface area (Å²) in [4.78, 5) is 0. The van der Waals surface area contributed by atoms with Crippen molar-refractivity contribution in [3.63, 3.8) is 0 Å². The van der Waals surface area contributed by atoms with Crippen molar-refractivity contribution in [3.8, 4) is 34.1 Å². The molecule has 0 aromatic heterocycles. The minimum absolute atomic E-state index is 0.211. The summed E-state index contributed by atoms with van der Waals surface area (Å²) in [7, 11) is 1.66. The zero-order valence-electron chi connectivity index (χ0n) is 14.3. The van der Waals surface area contributed by atoms with Gasteiger partial charge in [0.2, 0.25) is 0 Å². The molecule has 3 nitrogen and oxygen atoms in total. The minimum Gasteiger partial charge on any atom is -0.508 e. The number of hydrogen-bond acceptors (Lipinski definition) is 3. The first-order valence-corrected chi connectivity index (χ1v) is 8.37. The second-order valence-corrected chi connectivity index (χ2v) is 5.99. The summed E-state index contributed by atoms with van der Waals surface area (Å²) in [5, 5.41) is 11.6. The van der Waals surface area contributed by atoms with Crippen molar-refractivity contribution in [1.82, 2.24) is 0 Å². The molecule has 0 radical (unpaired) electrons. The standard InChI is InChI=1S/C23H18O3/c1-25-20-7-4-6-17(15-20)22-14-9-16-5-2-3-8-21(16)23(22)26-19-12-10-18(24)11-13-19/h2-15,24H,1H3. The van der Waals surface area contributed by atoms with Gasteiger partial charge in [0, 0.05) is 10.9 Å². The number of fused-ring (bicyclic) bond motifs is 1. The molecule has 0 aliphatic carbocycles. The number of hydrogen-bond donors (Lipinski definition) is 1. The largest absolute Gasteiger partial charge is 0.508 e. The molecule has 4 aromatic carbocycles. The van der Waals surface area contributed by atoms with Crippen LogP contribution in [0.15, 0.2) is 84.9 Å². The quantitative estimate of drug-likeness (QED) is 0.493. The first-order valence-electron chi connectivity index (χ1n) is 8.37. The lowest BCUT2D eigenvalue weighted by Crippen LogP contribution is -1.91. The maximum absolute atomic E-state index is 9.52. The van der Waals surface area contributed by atoms with Crippen LogP contribution in [-0.2, 0) is 0 Å². The second-order valence-electron chi connectivity index (χ2n) is 5.99. The van der Waals surface area contributed by atoms with E-state index in [0.29, 0.717) is 5.75 Å². The summed E-state index contributed by atoms with van der Waals surface area (Å²) in [6.45, 7) is 0. The second kappa shape index (κ2) is 6.81. The molecule has 0 bridgehead atoms. The van der Waals surface area contributed by atoms with Crippen molar-refractivity contribution in [3.05, 3.63) is 84.9 Å². The van der Waals surface area contributed by atoms with Crippen molar-refractivity contribution >= 4 is 10.8 Å². The summed E-state index contributed by atoms with van der Waals surface area (Å²) in [5.74, 6) is 2.46. The molecule has 0 spiro atoms. The molecule has 26 heavy (non-hydrogen) atoms. The van der Waals surface area contributed by atoms with Gasteiger partial charge < -0.3 is 14.6 Å². The lowest BCUT2D eigenvalue weighted by Gasteiger charge is -2.15. The number of methoxy groups -OCH3 is 1. The maximum atomic E-state index is 9.52. The van der Waals surface area contributed by atoms with Gasteiger partial charge in [0.15, 0.2) is 0 Å². The molecule has 0 amide bonds. The molecule has 128 valence electrons. The van der Waals surface area contributed by atoms with Gasteiger partial charge in [-0.1, -0.05) is 42.5 Å². The highest BCUT2D eigenvalue weighted by molar-refractivity contribution is 5.95. The van der Waals surface area contributed by atoms with E-state index in [1.165, 1.54) is 0 Å².